The molecule has 7 nitrogen and oxygen atoms in total. The van der Waals surface area contributed by atoms with Gasteiger partial charge in [0, 0.05) is 56.2 Å². The molecule has 8 heteroatoms. The number of methoxy groups -OCH3 is 1. The molecule has 3 heterocycles. The second-order valence-corrected chi connectivity index (χ2v) is 7.79. The summed E-state index contributed by atoms with van der Waals surface area (Å²) < 4.78 is 5.31. The van der Waals surface area contributed by atoms with Crippen LogP contribution < -0.4 is 10.1 Å². The van der Waals surface area contributed by atoms with E-state index in [1.54, 1.807) is 38.4 Å². The second kappa shape index (κ2) is 8.28. The molecule has 0 fully saturated rings. The number of aromatic amines is 1. The molecule has 0 atom stereocenters. The lowest BCUT2D eigenvalue weighted by Crippen LogP contribution is -2.41. The molecular formula is C22H24ClN5O2. The number of hydrogen-bond acceptors (Lipinski definition) is 4. The van der Waals surface area contributed by atoms with Crippen LogP contribution in [-0.2, 0) is 0 Å². The van der Waals surface area contributed by atoms with Crippen molar-refractivity contribution in [1.29, 1.82) is 0 Å². The van der Waals surface area contributed by atoms with E-state index in [9.17, 15) is 4.79 Å². The zero-order chi connectivity index (χ0) is 21.3. The van der Waals surface area contributed by atoms with Crippen molar-refractivity contribution in [3.63, 3.8) is 0 Å². The smallest absolute Gasteiger partial charge is 0.319 e. The normalized spacial score (nSPS) is 13.9. The monoisotopic (exact) mass is 425 g/mol. The third-order valence-electron chi connectivity index (χ3n) is 5.17. The zero-order valence-corrected chi connectivity index (χ0v) is 18.0. The molecule has 2 aromatic heterocycles. The maximum absolute atomic E-state index is 12.1. The van der Waals surface area contributed by atoms with Gasteiger partial charge in [-0.2, -0.15) is 0 Å². The Labute approximate surface area is 180 Å². The van der Waals surface area contributed by atoms with Crippen molar-refractivity contribution in [2.45, 2.75) is 6.42 Å². The number of anilines is 2. The summed E-state index contributed by atoms with van der Waals surface area (Å²) in [6.45, 7) is 1.30. The Balaban J connectivity index is 1.59. The van der Waals surface area contributed by atoms with Crippen LogP contribution >= 0.6 is 11.6 Å². The number of urea groups is 1. The van der Waals surface area contributed by atoms with Crippen molar-refractivity contribution < 1.29 is 9.53 Å². The van der Waals surface area contributed by atoms with Crippen LogP contribution in [0.4, 0.5) is 16.2 Å². The van der Waals surface area contributed by atoms with Gasteiger partial charge in [-0.1, -0.05) is 17.7 Å². The van der Waals surface area contributed by atoms with Crippen LogP contribution in [0, 0.1) is 0 Å². The maximum atomic E-state index is 12.1. The summed E-state index contributed by atoms with van der Waals surface area (Å²) in [5, 5.41) is 4.99. The van der Waals surface area contributed by atoms with Crippen LogP contribution in [0.3, 0.4) is 0 Å². The summed E-state index contributed by atoms with van der Waals surface area (Å²) in [7, 11) is 5.14. The molecular weight excluding hydrogens is 402 g/mol. The molecule has 0 unspecified atom stereocenters. The summed E-state index contributed by atoms with van der Waals surface area (Å²) in [5.41, 5.74) is 4.84. The molecule has 0 aliphatic carbocycles. The number of fused-ring (bicyclic) bond motifs is 1. The van der Waals surface area contributed by atoms with Crippen LogP contribution in [-0.4, -0.2) is 60.1 Å². The molecule has 0 bridgehead atoms. The molecule has 0 radical (unpaired) electrons. The molecule has 0 saturated heterocycles. The highest BCUT2D eigenvalue weighted by Gasteiger charge is 2.20. The van der Waals surface area contributed by atoms with Gasteiger partial charge in [0.1, 0.15) is 11.4 Å². The Hall–Kier alpha value is -3.19. The van der Waals surface area contributed by atoms with E-state index in [1.165, 1.54) is 5.57 Å². The van der Waals surface area contributed by atoms with Crippen LogP contribution in [0.25, 0.3) is 16.6 Å². The SMILES string of the molecule is COc1cc(Nc2ccnc3[nH]c(C4=CCN(C(=O)N(C)C)CC4)cc23)ccc1Cl. The molecule has 0 spiro atoms. The highest BCUT2D eigenvalue weighted by molar-refractivity contribution is 6.32. The minimum absolute atomic E-state index is 0.0356. The van der Waals surface area contributed by atoms with Gasteiger partial charge in [-0.25, -0.2) is 9.78 Å². The Morgan fingerprint density at radius 3 is 2.83 bits per heavy atom. The second-order valence-electron chi connectivity index (χ2n) is 7.38. The van der Waals surface area contributed by atoms with Crippen molar-refractivity contribution in [1.82, 2.24) is 19.8 Å². The summed E-state index contributed by atoms with van der Waals surface area (Å²) >= 11 is 6.13. The van der Waals surface area contributed by atoms with Crippen LogP contribution in [0.1, 0.15) is 12.1 Å². The lowest BCUT2D eigenvalue weighted by atomic mass is 10.0. The number of nitrogens with zero attached hydrogens (tertiary/aromatic N) is 3. The quantitative estimate of drug-likeness (QED) is 0.633. The molecule has 2 amide bonds. The number of nitrogens with one attached hydrogen (secondary N) is 2. The van der Waals surface area contributed by atoms with Gasteiger partial charge in [0.15, 0.2) is 0 Å². The fraction of sp³-hybridized carbons (Fsp3) is 0.273. The third-order valence-corrected chi connectivity index (χ3v) is 5.48. The number of amides is 2. The van der Waals surface area contributed by atoms with Crippen LogP contribution in [0.15, 0.2) is 42.6 Å². The number of carbonyl (C=O) groups excluding carboxylic acids is 1. The molecule has 2 N–H and O–H groups in total. The van der Waals surface area contributed by atoms with E-state index in [0.29, 0.717) is 23.9 Å². The molecule has 3 aromatic rings. The molecule has 0 saturated carbocycles. The van der Waals surface area contributed by atoms with Gasteiger partial charge < -0.3 is 24.8 Å². The summed E-state index contributed by atoms with van der Waals surface area (Å²) in [4.78, 5) is 23.5. The van der Waals surface area contributed by atoms with Crippen molar-refractivity contribution in [3.05, 3.63) is 53.3 Å². The topological polar surface area (TPSA) is 73.5 Å². The lowest BCUT2D eigenvalue weighted by Gasteiger charge is -2.28. The fourth-order valence-electron chi connectivity index (χ4n) is 3.57. The summed E-state index contributed by atoms with van der Waals surface area (Å²) in [6.07, 6.45) is 4.67. The average Bonchev–Trinajstić information content (AvgIpc) is 3.20. The number of halogens is 1. The number of H-pyrrole nitrogens is 1. The van der Waals surface area contributed by atoms with Crippen molar-refractivity contribution >= 4 is 45.6 Å². The minimum atomic E-state index is 0.0356. The number of rotatable bonds is 4. The van der Waals surface area contributed by atoms with E-state index in [0.717, 1.165) is 34.5 Å². The zero-order valence-electron chi connectivity index (χ0n) is 17.2. The molecule has 1 aliphatic heterocycles. The Morgan fingerprint density at radius 1 is 1.30 bits per heavy atom. The number of benzene rings is 1. The predicted molar refractivity (Wildman–Crippen MR) is 121 cm³/mol. The lowest BCUT2D eigenvalue weighted by molar-refractivity contribution is 0.176. The third kappa shape index (κ3) is 3.93. The van der Waals surface area contributed by atoms with Crippen LogP contribution in [0.2, 0.25) is 5.02 Å². The minimum Gasteiger partial charge on any atom is -0.495 e. The number of aromatic nitrogens is 2. The highest BCUT2D eigenvalue weighted by atomic mass is 35.5. The number of carbonyl (C=O) groups is 1. The first kappa shape index (κ1) is 20.1. The van der Waals surface area contributed by atoms with Gasteiger partial charge in [-0.15, -0.1) is 0 Å². The average molecular weight is 426 g/mol. The molecule has 1 aromatic carbocycles. The van der Waals surface area contributed by atoms with Crippen molar-refractivity contribution in [2.24, 2.45) is 0 Å². The number of pyridine rings is 1. The Kier molecular flexibility index (Phi) is 5.55. The van der Waals surface area contributed by atoms with Crippen molar-refractivity contribution in [2.75, 3.05) is 39.6 Å². The highest BCUT2D eigenvalue weighted by Crippen LogP contribution is 2.33. The first-order chi connectivity index (χ1) is 14.5. The van der Waals surface area contributed by atoms with Crippen molar-refractivity contribution in [3.8, 4) is 5.75 Å². The van der Waals surface area contributed by atoms with E-state index >= 15 is 0 Å². The predicted octanol–water partition coefficient (Wildman–Crippen LogP) is 4.74. The first-order valence-corrected chi connectivity index (χ1v) is 10.1. The molecule has 156 valence electrons. The van der Waals surface area contributed by atoms with E-state index in [4.69, 9.17) is 16.3 Å². The van der Waals surface area contributed by atoms with E-state index < -0.39 is 0 Å². The van der Waals surface area contributed by atoms with E-state index in [1.807, 2.05) is 23.1 Å². The van der Waals surface area contributed by atoms with Crippen LogP contribution in [0.5, 0.6) is 5.75 Å². The van der Waals surface area contributed by atoms with E-state index in [2.05, 4.69) is 27.4 Å². The number of ether oxygens (including phenoxy) is 1. The maximum Gasteiger partial charge on any atom is 0.319 e. The van der Waals surface area contributed by atoms with Gasteiger partial charge in [0.25, 0.3) is 0 Å². The molecule has 1 aliphatic rings. The van der Waals surface area contributed by atoms with Gasteiger partial charge in [-0.05, 0) is 36.3 Å². The summed E-state index contributed by atoms with van der Waals surface area (Å²) in [6, 6.07) is 9.65. The molecule has 4 rings (SSSR count). The fourth-order valence-corrected chi connectivity index (χ4v) is 3.77. The number of hydrogen-bond donors (Lipinski definition) is 2. The first-order valence-electron chi connectivity index (χ1n) is 9.70. The standard InChI is InChI=1S/C22H24ClN5O2/c1-27(2)22(29)28-10-7-14(8-11-28)19-13-16-18(6-9-24-21(16)26-19)25-15-4-5-17(23)20(12-15)30-3/h4-7,9,12-13H,8,10-11H2,1-3H3,(H2,24,25,26). The van der Waals surface area contributed by atoms with E-state index in [-0.39, 0.29) is 6.03 Å². The Bertz CT molecular complexity index is 1120. The summed E-state index contributed by atoms with van der Waals surface area (Å²) in [5.74, 6) is 0.617. The Morgan fingerprint density at radius 2 is 2.13 bits per heavy atom. The van der Waals surface area contributed by atoms with Gasteiger partial charge >= 0.3 is 6.03 Å². The van der Waals surface area contributed by atoms with Gasteiger partial charge in [-0.3, -0.25) is 0 Å². The molecule has 30 heavy (non-hydrogen) atoms. The van der Waals surface area contributed by atoms with Gasteiger partial charge in [0.05, 0.1) is 17.8 Å². The largest absolute Gasteiger partial charge is 0.495 e. The van der Waals surface area contributed by atoms with Gasteiger partial charge in [0.2, 0.25) is 0 Å².